The number of nitrogens with zero attached hydrogens (tertiary/aromatic N) is 2. The predicted octanol–water partition coefficient (Wildman–Crippen LogP) is 0.689. The largest absolute Gasteiger partial charge is 0.339 e. The van der Waals surface area contributed by atoms with E-state index < -0.39 is 9.84 Å². The average molecular weight is 273 g/mol. The van der Waals surface area contributed by atoms with Crippen molar-refractivity contribution in [1.29, 1.82) is 0 Å². The normalized spacial score (nSPS) is 21.1. The number of aromatic nitrogens is 2. The van der Waals surface area contributed by atoms with E-state index in [1.807, 2.05) is 0 Å². The molecule has 6 nitrogen and oxygen atoms in total. The Morgan fingerprint density at radius 1 is 1.44 bits per heavy atom. The Bertz CT molecular complexity index is 477. The maximum Gasteiger partial charge on any atom is 0.226 e. The molecule has 1 unspecified atom stereocenters. The number of nitrogens with one attached hydrogen (secondary N) is 1. The maximum atomic E-state index is 11.1. The molecule has 0 radical (unpaired) electrons. The summed E-state index contributed by atoms with van der Waals surface area (Å²) in [5.41, 5.74) is 0. The Hall–Kier alpha value is -0.950. The van der Waals surface area contributed by atoms with Crippen molar-refractivity contribution in [3.8, 4) is 0 Å². The lowest BCUT2D eigenvalue weighted by Crippen LogP contribution is -2.34. The topological polar surface area (TPSA) is 85.1 Å². The van der Waals surface area contributed by atoms with Crippen LogP contribution in [0.1, 0.15) is 37.4 Å². The van der Waals surface area contributed by atoms with Crippen LogP contribution < -0.4 is 5.32 Å². The quantitative estimate of drug-likeness (QED) is 0.849. The third-order valence-electron chi connectivity index (χ3n) is 3.02. The molecule has 102 valence electrons. The number of aryl methyl sites for hydroxylation is 1. The molecule has 2 rings (SSSR count). The second kappa shape index (κ2) is 5.79. The van der Waals surface area contributed by atoms with Crippen LogP contribution in [0, 0.1) is 0 Å². The SMILES string of the molecule is CS(=O)(=O)Cc1noc(CCC2CCCCN2)n1. The summed E-state index contributed by atoms with van der Waals surface area (Å²) in [7, 11) is -3.10. The van der Waals surface area contributed by atoms with Crippen LogP contribution >= 0.6 is 0 Å². The molecule has 1 saturated heterocycles. The van der Waals surface area contributed by atoms with Crippen LogP contribution in [0.5, 0.6) is 0 Å². The van der Waals surface area contributed by atoms with Gasteiger partial charge in [0.05, 0.1) is 0 Å². The van der Waals surface area contributed by atoms with Gasteiger partial charge in [0.25, 0.3) is 0 Å². The summed E-state index contributed by atoms with van der Waals surface area (Å²) in [6.45, 7) is 1.08. The summed E-state index contributed by atoms with van der Waals surface area (Å²) in [4.78, 5) is 4.10. The van der Waals surface area contributed by atoms with Gasteiger partial charge in [-0.3, -0.25) is 0 Å². The predicted molar refractivity (Wildman–Crippen MR) is 66.8 cm³/mol. The summed E-state index contributed by atoms with van der Waals surface area (Å²) in [6, 6.07) is 0.518. The number of sulfone groups is 1. The van der Waals surface area contributed by atoms with E-state index in [1.165, 1.54) is 19.3 Å². The minimum absolute atomic E-state index is 0.155. The molecule has 18 heavy (non-hydrogen) atoms. The second-order valence-corrected chi connectivity index (χ2v) is 7.00. The fourth-order valence-corrected chi connectivity index (χ4v) is 2.74. The number of hydrogen-bond acceptors (Lipinski definition) is 6. The van der Waals surface area contributed by atoms with Crippen molar-refractivity contribution in [3.05, 3.63) is 11.7 Å². The van der Waals surface area contributed by atoms with Crippen molar-refractivity contribution >= 4 is 9.84 Å². The summed E-state index contributed by atoms with van der Waals surface area (Å²) < 4.78 is 27.2. The molecule has 0 saturated carbocycles. The van der Waals surface area contributed by atoms with Gasteiger partial charge < -0.3 is 9.84 Å². The lowest BCUT2D eigenvalue weighted by molar-refractivity contribution is 0.341. The Kier molecular flexibility index (Phi) is 4.34. The van der Waals surface area contributed by atoms with Crippen LogP contribution in [0.4, 0.5) is 0 Å². The fourth-order valence-electron chi connectivity index (χ4n) is 2.15. The van der Waals surface area contributed by atoms with Gasteiger partial charge in [0.15, 0.2) is 15.7 Å². The van der Waals surface area contributed by atoms with Crippen molar-refractivity contribution in [1.82, 2.24) is 15.5 Å². The molecule has 0 aromatic carbocycles. The van der Waals surface area contributed by atoms with Crippen LogP contribution in [-0.2, 0) is 22.0 Å². The van der Waals surface area contributed by atoms with Gasteiger partial charge in [0.1, 0.15) is 5.75 Å². The first-order valence-corrected chi connectivity index (χ1v) is 8.31. The maximum absolute atomic E-state index is 11.1. The lowest BCUT2D eigenvalue weighted by Gasteiger charge is -2.22. The van der Waals surface area contributed by atoms with Gasteiger partial charge in [-0.1, -0.05) is 11.6 Å². The molecule has 1 aliphatic heterocycles. The van der Waals surface area contributed by atoms with Gasteiger partial charge in [-0.2, -0.15) is 4.98 Å². The number of rotatable bonds is 5. The van der Waals surface area contributed by atoms with E-state index in [-0.39, 0.29) is 11.6 Å². The van der Waals surface area contributed by atoms with Crippen molar-refractivity contribution in [2.24, 2.45) is 0 Å². The molecule has 0 spiro atoms. The highest BCUT2D eigenvalue weighted by molar-refractivity contribution is 7.89. The number of hydrogen-bond donors (Lipinski definition) is 1. The summed E-state index contributed by atoms with van der Waals surface area (Å²) in [5.74, 6) is 0.628. The van der Waals surface area contributed by atoms with Gasteiger partial charge in [0.2, 0.25) is 5.89 Å². The zero-order valence-corrected chi connectivity index (χ0v) is 11.4. The fraction of sp³-hybridized carbons (Fsp3) is 0.818. The highest BCUT2D eigenvalue weighted by Gasteiger charge is 2.15. The minimum Gasteiger partial charge on any atom is -0.339 e. The Labute approximate surface area is 107 Å². The zero-order chi connectivity index (χ0) is 13.0. The van der Waals surface area contributed by atoms with Crippen molar-refractivity contribution in [2.45, 2.75) is 43.9 Å². The van der Waals surface area contributed by atoms with Crippen molar-refractivity contribution in [3.63, 3.8) is 0 Å². The Morgan fingerprint density at radius 3 is 2.94 bits per heavy atom. The highest BCUT2D eigenvalue weighted by atomic mass is 32.2. The van der Waals surface area contributed by atoms with Gasteiger partial charge in [0, 0.05) is 18.7 Å². The molecule has 1 aromatic heterocycles. The molecule has 7 heteroatoms. The summed E-state index contributed by atoms with van der Waals surface area (Å²) in [6.07, 6.45) is 6.52. The molecule has 0 amide bonds. The van der Waals surface area contributed by atoms with Crippen LogP contribution in [0.2, 0.25) is 0 Å². The van der Waals surface area contributed by atoms with Crippen molar-refractivity contribution < 1.29 is 12.9 Å². The van der Waals surface area contributed by atoms with E-state index in [4.69, 9.17) is 4.52 Å². The molecule has 1 aromatic rings. The molecule has 1 N–H and O–H groups in total. The lowest BCUT2D eigenvalue weighted by atomic mass is 10.0. The van der Waals surface area contributed by atoms with Crippen LogP contribution in [-0.4, -0.2) is 37.4 Å². The first-order chi connectivity index (χ1) is 8.53. The first-order valence-electron chi connectivity index (χ1n) is 6.25. The Balaban J connectivity index is 1.82. The molecule has 0 bridgehead atoms. The smallest absolute Gasteiger partial charge is 0.226 e. The summed E-state index contributed by atoms with van der Waals surface area (Å²) in [5, 5.41) is 7.13. The minimum atomic E-state index is -3.10. The Morgan fingerprint density at radius 2 is 2.28 bits per heavy atom. The van der Waals surface area contributed by atoms with E-state index >= 15 is 0 Å². The van der Waals surface area contributed by atoms with Gasteiger partial charge in [-0.15, -0.1) is 0 Å². The molecule has 2 heterocycles. The van der Waals surface area contributed by atoms with E-state index in [0.717, 1.165) is 19.2 Å². The summed E-state index contributed by atoms with van der Waals surface area (Å²) >= 11 is 0. The van der Waals surface area contributed by atoms with E-state index in [9.17, 15) is 8.42 Å². The molecule has 0 aliphatic carbocycles. The monoisotopic (exact) mass is 273 g/mol. The van der Waals surface area contributed by atoms with Crippen LogP contribution in [0.15, 0.2) is 4.52 Å². The molecule has 1 atom stereocenters. The van der Waals surface area contributed by atoms with Gasteiger partial charge >= 0.3 is 0 Å². The highest BCUT2D eigenvalue weighted by Crippen LogP contribution is 2.13. The molecular formula is C11H19N3O3S. The van der Waals surface area contributed by atoms with E-state index in [1.54, 1.807) is 0 Å². The van der Waals surface area contributed by atoms with E-state index in [2.05, 4.69) is 15.5 Å². The van der Waals surface area contributed by atoms with Crippen LogP contribution in [0.3, 0.4) is 0 Å². The average Bonchev–Trinajstić information content (AvgIpc) is 2.73. The molecule has 1 fully saturated rings. The van der Waals surface area contributed by atoms with E-state index in [0.29, 0.717) is 18.4 Å². The standard InChI is InChI=1S/C11H19N3O3S/c1-18(15,16)8-10-13-11(17-14-10)6-5-9-4-2-3-7-12-9/h9,12H,2-8H2,1H3. The zero-order valence-electron chi connectivity index (χ0n) is 10.6. The van der Waals surface area contributed by atoms with Gasteiger partial charge in [-0.25, -0.2) is 8.42 Å². The third-order valence-corrected chi connectivity index (χ3v) is 3.80. The van der Waals surface area contributed by atoms with Gasteiger partial charge in [-0.05, 0) is 25.8 Å². The van der Waals surface area contributed by atoms with Crippen molar-refractivity contribution in [2.75, 3.05) is 12.8 Å². The molecular weight excluding hydrogens is 254 g/mol. The molecule has 1 aliphatic rings. The second-order valence-electron chi connectivity index (χ2n) is 4.86. The third kappa shape index (κ3) is 4.38. The first kappa shape index (κ1) is 13.5. The number of piperidine rings is 1. The van der Waals surface area contributed by atoms with Crippen LogP contribution in [0.25, 0.3) is 0 Å².